The van der Waals surface area contributed by atoms with Gasteiger partial charge in [-0.2, -0.15) is 8.42 Å². The largest absolute Gasteiger partial charge is 2.00 e. The molecule has 0 rings (SSSR count). The molecule has 6 N–H and O–H groups in total. The SMILES string of the molecule is O.O.O=S(=O)(O)O.[H-].[H-].[Sr+2]. The summed E-state index contributed by atoms with van der Waals surface area (Å²) >= 11 is 0. The van der Waals surface area contributed by atoms with Gasteiger partial charge in [-0.15, -0.1) is 0 Å². The Kier molecular flexibility index (Phi) is 23.6. The second-order valence-corrected chi connectivity index (χ2v) is 1.34. The summed E-state index contributed by atoms with van der Waals surface area (Å²) in [5, 5.41) is 0. The van der Waals surface area contributed by atoms with Crippen molar-refractivity contribution in [1.29, 1.82) is 0 Å². The molecule has 0 aromatic heterocycles. The van der Waals surface area contributed by atoms with Crippen LogP contribution in [0.1, 0.15) is 2.85 Å². The zero-order valence-corrected chi connectivity index (χ0v) is 8.12. The summed E-state index contributed by atoms with van der Waals surface area (Å²) in [6.45, 7) is 0. The molecule has 0 aromatic rings. The van der Waals surface area contributed by atoms with Crippen molar-refractivity contribution in [3.05, 3.63) is 0 Å². The first-order valence-electron chi connectivity index (χ1n) is 0.698. The van der Waals surface area contributed by atoms with Gasteiger partial charge in [0.05, 0.1) is 0 Å². The van der Waals surface area contributed by atoms with Crippen LogP contribution in [0, 0.1) is 0 Å². The Labute approximate surface area is 86.3 Å². The minimum Gasteiger partial charge on any atom is -1.00 e. The van der Waals surface area contributed by atoms with E-state index in [2.05, 4.69) is 0 Å². The van der Waals surface area contributed by atoms with Crippen molar-refractivity contribution in [1.82, 2.24) is 0 Å². The maximum Gasteiger partial charge on any atom is 2.00 e. The molecule has 8 heteroatoms. The van der Waals surface area contributed by atoms with Gasteiger partial charge in [-0.3, -0.25) is 9.11 Å². The second kappa shape index (κ2) is 8.27. The smallest absolute Gasteiger partial charge is 1.00 e. The standard InChI is InChI=1S/H2O4S.2H2O.Sr.2H/c1-5(2,3)4;;;;;/h(H2,1,2,3,4);2*1H2;;;/q;;;+2;2*-1. The Bertz CT molecular complexity index is 98.9. The molecule has 0 saturated heterocycles. The van der Waals surface area contributed by atoms with E-state index in [1.54, 1.807) is 0 Å². The van der Waals surface area contributed by atoms with Crippen LogP contribution in [-0.2, 0) is 10.4 Å². The van der Waals surface area contributed by atoms with Gasteiger partial charge in [0.1, 0.15) is 0 Å². The fourth-order valence-corrected chi connectivity index (χ4v) is 0. The molecule has 0 amide bonds. The van der Waals surface area contributed by atoms with Crippen molar-refractivity contribution in [2.24, 2.45) is 0 Å². The topological polar surface area (TPSA) is 138 Å². The average molecular weight is 224 g/mol. The normalized spacial score (nSPS) is 7.25. The van der Waals surface area contributed by atoms with Crippen molar-refractivity contribution in [2.75, 3.05) is 0 Å². The van der Waals surface area contributed by atoms with E-state index in [1.165, 1.54) is 0 Å². The van der Waals surface area contributed by atoms with Crippen LogP contribution < -0.4 is 0 Å². The molecule has 0 radical (unpaired) electrons. The maximum absolute atomic E-state index is 8.74. The van der Waals surface area contributed by atoms with Crippen molar-refractivity contribution >= 4 is 55.9 Å². The molecule has 0 bridgehead atoms. The molecule has 0 saturated carbocycles. The Morgan fingerprint density at radius 1 is 1.12 bits per heavy atom. The number of hydrogen-bond acceptors (Lipinski definition) is 2. The Morgan fingerprint density at radius 3 is 1.12 bits per heavy atom. The van der Waals surface area contributed by atoms with E-state index >= 15 is 0 Å². The molecule has 0 heterocycles. The Morgan fingerprint density at radius 2 is 1.12 bits per heavy atom. The Balaban J connectivity index is -0.00000000800. The van der Waals surface area contributed by atoms with E-state index in [0.29, 0.717) is 0 Å². The molecule has 0 aromatic carbocycles. The van der Waals surface area contributed by atoms with Gasteiger partial charge in [-0.1, -0.05) is 0 Å². The average Bonchev–Trinajstić information content (AvgIpc) is 0.722. The van der Waals surface area contributed by atoms with Gasteiger partial charge in [0.15, 0.2) is 0 Å². The molecular weight excluding hydrogens is 216 g/mol. The zero-order valence-electron chi connectivity index (χ0n) is 5.83. The molecule has 8 heavy (non-hydrogen) atoms. The molecule has 0 spiro atoms. The minimum absolute atomic E-state index is 0. The minimum atomic E-state index is -4.67. The summed E-state index contributed by atoms with van der Waals surface area (Å²) in [4.78, 5) is 0. The van der Waals surface area contributed by atoms with Crippen LogP contribution >= 0.6 is 0 Å². The van der Waals surface area contributed by atoms with E-state index in [4.69, 9.17) is 17.5 Å². The fourth-order valence-electron chi connectivity index (χ4n) is 0. The molecule has 0 aliphatic rings. The molecule has 0 aliphatic heterocycles. The molecular formula is H8O6SSr. The van der Waals surface area contributed by atoms with Crippen molar-refractivity contribution in [2.45, 2.75) is 0 Å². The summed E-state index contributed by atoms with van der Waals surface area (Å²) in [5.74, 6) is 0. The fraction of sp³-hybridized carbons (Fsp3) is 0. The molecule has 52 valence electrons. The van der Waals surface area contributed by atoms with Gasteiger partial charge in [-0.25, -0.2) is 0 Å². The summed E-state index contributed by atoms with van der Waals surface area (Å²) in [5.41, 5.74) is 0. The first-order valence-corrected chi connectivity index (χ1v) is 2.10. The summed E-state index contributed by atoms with van der Waals surface area (Å²) in [7, 11) is -4.67. The molecule has 0 fully saturated rings. The van der Waals surface area contributed by atoms with Gasteiger partial charge in [0, 0.05) is 0 Å². The summed E-state index contributed by atoms with van der Waals surface area (Å²) in [6, 6.07) is 0. The maximum atomic E-state index is 8.74. The number of hydrogen-bond donors (Lipinski definition) is 2. The van der Waals surface area contributed by atoms with Gasteiger partial charge >= 0.3 is 55.9 Å². The van der Waals surface area contributed by atoms with Crippen LogP contribution in [0.4, 0.5) is 0 Å². The summed E-state index contributed by atoms with van der Waals surface area (Å²) in [6.07, 6.45) is 0. The van der Waals surface area contributed by atoms with Gasteiger partial charge in [-0.05, 0) is 0 Å². The predicted octanol–water partition coefficient (Wildman–Crippen LogP) is -2.46. The first kappa shape index (κ1) is 22.8. The first-order chi connectivity index (χ1) is 2.00. The third kappa shape index (κ3) is 177. The second-order valence-electron chi connectivity index (χ2n) is 0.448. The quantitative estimate of drug-likeness (QED) is 0.348. The Hall–Kier alpha value is 1.27. The van der Waals surface area contributed by atoms with Crippen molar-refractivity contribution < 1.29 is 31.3 Å². The number of rotatable bonds is 0. The van der Waals surface area contributed by atoms with Crippen LogP contribution in [0.2, 0.25) is 0 Å². The van der Waals surface area contributed by atoms with Gasteiger partial charge < -0.3 is 13.8 Å². The van der Waals surface area contributed by atoms with Crippen LogP contribution in [0.25, 0.3) is 0 Å². The third-order valence-corrected chi connectivity index (χ3v) is 0. The molecule has 0 aliphatic carbocycles. The van der Waals surface area contributed by atoms with E-state index in [-0.39, 0.29) is 59.3 Å². The van der Waals surface area contributed by atoms with Crippen LogP contribution in [-0.4, -0.2) is 74.0 Å². The molecule has 0 unspecified atom stereocenters. The van der Waals surface area contributed by atoms with Crippen molar-refractivity contribution in [3.63, 3.8) is 0 Å². The van der Waals surface area contributed by atoms with E-state index in [9.17, 15) is 0 Å². The van der Waals surface area contributed by atoms with Gasteiger partial charge in [0.25, 0.3) is 0 Å². The third-order valence-electron chi connectivity index (χ3n) is 0. The van der Waals surface area contributed by atoms with Crippen LogP contribution in [0.5, 0.6) is 0 Å². The van der Waals surface area contributed by atoms with E-state index in [1.807, 2.05) is 0 Å². The van der Waals surface area contributed by atoms with E-state index < -0.39 is 10.4 Å². The van der Waals surface area contributed by atoms with Crippen molar-refractivity contribution in [3.8, 4) is 0 Å². The van der Waals surface area contributed by atoms with Gasteiger partial charge in [0.2, 0.25) is 0 Å². The van der Waals surface area contributed by atoms with Crippen LogP contribution in [0.15, 0.2) is 0 Å². The predicted molar refractivity (Wildman–Crippen MR) is 29.4 cm³/mol. The van der Waals surface area contributed by atoms with Crippen LogP contribution in [0.3, 0.4) is 0 Å². The van der Waals surface area contributed by atoms with E-state index in [0.717, 1.165) is 0 Å². The molecule has 0 atom stereocenters. The zero-order chi connectivity index (χ0) is 4.50. The molecule has 6 nitrogen and oxygen atoms in total. The summed E-state index contributed by atoms with van der Waals surface area (Å²) < 4.78 is 31.6. The monoisotopic (exact) mass is 224 g/mol.